The number of nitrogens with one attached hydrogen (secondary N) is 1. The van der Waals surface area contributed by atoms with Gasteiger partial charge in [-0.3, -0.25) is 0 Å². The second kappa shape index (κ2) is 10.2. The minimum absolute atomic E-state index is 0.575. The molecule has 1 aliphatic carbocycles. The normalized spacial score (nSPS) is 13.8. The fraction of sp³-hybridized carbons (Fsp3) is 0.174. The maximum atomic E-state index is 8.88. The van der Waals surface area contributed by atoms with Crippen LogP contribution in [-0.2, 0) is 4.57 Å². The molecule has 0 unspecified atom stereocenters. The summed E-state index contributed by atoms with van der Waals surface area (Å²) in [6.45, 7) is 7.91. The molecule has 1 aliphatic rings. The molecule has 0 aromatic heterocycles. The van der Waals surface area contributed by atoms with E-state index >= 15 is 0 Å². The number of rotatable bonds is 2. The first kappa shape index (κ1) is 26.1. The highest BCUT2D eigenvalue weighted by Crippen LogP contribution is 2.42. The van der Waals surface area contributed by atoms with Gasteiger partial charge in [0.2, 0.25) is 0 Å². The van der Waals surface area contributed by atoms with E-state index in [1.54, 1.807) is 0 Å². The van der Waals surface area contributed by atoms with Gasteiger partial charge in [-0.05, 0) is 103 Å². The average molecular weight is 495 g/mol. The van der Waals surface area contributed by atoms with Gasteiger partial charge in [0, 0.05) is 21.3 Å². The van der Waals surface area contributed by atoms with Crippen molar-refractivity contribution < 1.29 is 19.2 Å². The summed E-state index contributed by atoms with van der Waals surface area (Å²) >= 11 is 13.0. The van der Waals surface area contributed by atoms with Crippen LogP contribution in [0.4, 0.5) is 5.69 Å². The Morgan fingerprint density at radius 3 is 1.91 bits per heavy atom. The lowest BCUT2D eigenvalue weighted by molar-refractivity contribution is 0.275. The summed E-state index contributed by atoms with van der Waals surface area (Å²) in [7, 11) is -4.64. The van der Waals surface area contributed by atoms with E-state index in [1.807, 2.05) is 58.0 Å². The number of hydrogen-bond donors (Lipinski definition) is 5. The van der Waals surface area contributed by atoms with E-state index < -0.39 is 7.82 Å². The lowest BCUT2D eigenvalue weighted by Gasteiger charge is -2.19. The fourth-order valence-electron chi connectivity index (χ4n) is 3.47. The van der Waals surface area contributed by atoms with Crippen molar-refractivity contribution in [2.24, 2.45) is 0 Å². The van der Waals surface area contributed by atoms with E-state index in [4.69, 9.17) is 53.6 Å². The van der Waals surface area contributed by atoms with Crippen LogP contribution in [0, 0.1) is 19.3 Å². The van der Waals surface area contributed by atoms with Gasteiger partial charge >= 0.3 is 7.82 Å². The summed E-state index contributed by atoms with van der Waals surface area (Å²) in [6, 6.07) is 7.58. The lowest BCUT2D eigenvalue weighted by atomic mass is 9.88. The SMILES string of the molecule is CC1=CC(=Cc2cc(C)c(N)c(C)c2-c2c(Cl)cccc2Cl)C=C(C)C1=N.O=P(O)(O)O. The first-order chi connectivity index (χ1) is 14.7. The second-order valence-corrected chi connectivity index (χ2v) is 9.32. The van der Waals surface area contributed by atoms with Crippen LogP contribution in [0.3, 0.4) is 0 Å². The summed E-state index contributed by atoms with van der Waals surface area (Å²) < 4.78 is 8.88. The monoisotopic (exact) mass is 494 g/mol. The van der Waals surface area contributed by atoms with Gasteiger partial charge in [0.05, 0.1) is 5.71 Å². The van der Waals surface area contributed by atoms with E-state index in [0.29, 0.717) is 15.8 Å². The summed E-state index contributed by atoms with van der Waals surface area (Å²) in [6.07, 6.45) is 6.15. The molecule has 0 saturated heterocycles. The Morgan fingerprint density at radius 1 is 0.969 bits per heavy atom. The molecule has 0 heterocycles. The van der Waals surface area contributed by atoms with Gasteiger partial charge in [-0.25, -0.2) is 4.57 Å². The zero-order chi connectivity index (χ0) is 24.4. The molecule has 0 amide bonds. The molecule has 2 aromatic rings. The minimum Gasteiger partial charge on any atom is -0.398 e. The molecule has 0 atom stereocenters. The Kier molecular flexibility index (Phi) is 8.29. The van der Waals surface area contributed by atoms with Crippen molar-refractivity contribution in [2.45, 2.75) is 27.7 Å². The number of phosphoric acid groups is 1. The van der Waals surface area contributed by atoms with Crippen molar-refractivity contribution in [3.8, 4) is 11.1 Å². The third-order valence-electron chi connectivity index (χ3n) is 4.95. The number of nitrogen functional groups attached to an aromatic ring is 1. The molecule has 9 heteroatoms. The van der Waals surface area contributed by atoms with Crippen LogP contribution in [0.5, 0.6) is 0 Å². The third-order valence-corrected chi connectivity index (χ3v) is 5.58. The maximum Gasteiger partial charge on any atom is 0.466 e. The zero-order valence-electron chi connectivity index (χ0n) is 18.1. The standard InChI is InChI=1S/C23H22Cl2N2.H3O4P/c1-12-8-16(9-13(2)22(12)26)11-17-10-14(3)23(27)15(4)20(17)21-18(24)6-5-7-19(21)25;1-5(2,3)4/h5-11,26H,27H2,1-4H3;(H3,1,2,3,4). The first-order valence-corrected chi connectivity index (χ1v) is 11.8. The molecule has 32 heavy (non-hydrogen) atoms. The Labute approximate surface area is 197 Å². The highest BCUT2D eigenvalue weighted by molar-refractivity contribution is 7.45. The Balaban J connectivity index is 0.000000654. The molecule has 170 valence electrons. The van der Waals surface area contributed by atoms with Gasteiger partial charge in [0.25, 0.3) is 0 Å². The number of benzene rings is 2. The van der Waals surface area contributed by atoms with Crippen LogP contribution in [0.15, 0.2) is 53.1 Å². The second-order valence-electron chi connectivity index (χ2n) is 7.48. The van der Waals surface area contributed by atoms with Gasteiger partial charge < -0.3 is 25.8 Å². The lowest BCUT2D eigenvalue weighted by Crippen LogP contribution is -2.05. The highest BCUT2D eigenvalue weighted by atomic mass is 35.5. The Bertz CT molecular complexity index is 1170. The summed E-state index contributed by atoms with van der Waals surface area (Å²) in [5, 5.41) is 9.27. The summed E-state index contributed by atoms with van der Waals surface area (Å²) in [5.74, 6) is 0. The van der Waals surface area contributed by atoms with Crippen molar-refractivity contribution in [2.75, 3.05) is 5.73 Å². The number of hydrogen-bond acceptors (Lipinski definition) is 3. The van der Waals surface area contributed by atoms with Gasteiger partial charge in [-0.2, -0.15) is 0 Å². The largest absolute Gasteiger partial charge is 0.466 e. The van der Waals surface area contributed by atoms with Crippen molar-refractivity contribution in [3.05, 3.63) is 79.9 Å². The molecule has 0 fully saturated rings. The highest BCUT2D eigenvalue weighted by Gasteiger charge is 2.18. The predicted molar refractivity (Wildman–Crippen MR) is 133 cm³/mol. The van der Waals surface area contributed by atoms with E-state index in [1.165, 1.54) is 0 Å². The smallest absolute Gasteiger partial charge is 0.398 e. The summed E-state index contributed by atoms with van der Waals surface area (Å²) in [4.78, 5) is 21.6. The number of allylic oxidation sites excluding steroid dienone is 5. The van der Waals surface area contributed by atoms with E-state index in [9.17, 15) is 0 Å². The predicted octanol–water partition coefficient (Wildman–Crippen LogP) is 6.24. The summed E-state index contributed by atoms with van der Waals surface area (Å²) in [5.41, 5.74) is 15.3. The van der Waals surface area contributed by atoms with Crippen molar-refractivity contribution in [1.82, 2.24) is 0 Å². The average Bonchev–Trinajstić information content (AvgIpc) is 2.65. The van der Waals surface area contributed by atoms with E-state index in [2.05, 4.69) is 12.1 Å². The molecule has 6 N–H and O–H groups in total. The molecule has 2 aromatic carbocycles. The third kappa shape index (κ3) is 6.42. The number of nitrogens with two attached hydrogens (primary N) is 1. The quantitative estimate of drug-likeness (QED) is 0.249. The van der Waals surface area contributed by atoms with Crippen LogP contribution in [0.25, 0.3) is 17.2 Å². The molecular formula is C23H25Cl2N2O4P. The topological polar surface area (TPSA) is 128 Å². The molecule has 6 nitrogen and oxygen atoms in total. The zero-order valence-corrected chi connectivity index (χ0v) is 20.5. The minimum atomic E-state index is -4.64. The van der Waals surface area contributed by atoms with Crippen LogP contribution in [0.1, 0.15) is 30.5 Å². The van der Waals surface area contributed by atoms with Crippen molar-refractivity contribution in [3.63, 3.8) is 0 Å². The van der Waals surface area contributed by atoms with Crippen molar-refractivity contribution >= 4 is 48.5 Å². The first-order valence-electron chi connectivity index (χ1n) is 9.50. The van der Waals surface area contributed by atoms with Gasteiger partial charge in [-0.15, -0.1) is 0 Å². The number of aryl methyl sites for hydroxylation is 1. The van der Waals surface area contributed by atoms with E-state index in [0.717, 1.165) is 50.2 Å². The Morgan fingerprint density at radius 2 is 1.44 bits per heavy atom. The molecule has 0 saturated carbocycles. The molecule has 3 rings (SSSR count). The molecule has 0 bridgehead atoms. The maximum absolute atomic E-state index is 8.88. The van der Waals surface area contributed by atoms with Crippen LogP contribution < -0.4 is 5.73 Å². The number of anilines is 1. The van der Waals surface area contributed by atoms with Gasteiger partial charge in [-0.1, -0.05) is 29.3 Å². The molecular weight excluding hydrogens is 470 g/mol. The van der Waals surface area contributed by atoms with Crippen LogP contribution in [-0.4, -0.2) is 20.4 Å². The van der Waals surface area contributed by atoms with Gasteiger partial charge in [0.1, 0.15) is 0 Å². The van der Waals surface area contributed by atoms with Crippen molar-refractivity contribution in [1.29, 1.82) is 5.41 Å². The van der Waals surface area contributed by atoms with Gasteiger partial charge in [0.15, 0.2) is 0 Å². The van der Waals surface area contributed by atoms with Crippen LogP contribution >= 0.6 is 31.0 Å². The fourth-order valence-corrected chi connectivity index (χ4v) is 4.06. The Hall–Kier alpha value is -2.18. The molecule has 0 spiro atoms. The molecule has 0 aliphatic heterocycles. The van der Waals surface area contributed by atoms with E-state index in [-0.39, 0.29) is 0 Å². The molecule has 0 radical (unpaired) electrons. The number of halogens is 2. The van der Waals surface area contributed by atoms with Crippen LogP contribution in [0.2, 0.25) is 10.0 Å².